The van der Waals surface area contributed by atoms with Crippen molar-refractivity contribution in [3.8, 4) is 0 Å². The minimum Gasteiger partial charge on any atom is -0.481 e. The number of halogens is 3. The van der Waals surface area contributed by atoms with Crippen LogP contribution in [0.5, 0.6) is 0 Å². The maximum atomic E-state index is 15.6. The summed E-state index contributed by atoms with van der Waals surface area (Å²) < 4.78 is 46.5. The second kappa shape index (κ2) is 47.7. The number of nitrogens with one attached hydrogen (secondary N) is 8. The van der Waals surface area contributed by atoms with Crippen LogP contribution in [0.25, 0.3) is 10.4 Å². The second-order valence-electron chi connectivity index (χ2n) is 30.4. The molecule has 3 aromatic rings. The van der Waals surface area contributed by atoms with Crippen LogP contribution in [-0.2, 0) is 90.6 Å². The Bertz CT molecular complexity index is 4350. The molecule has 0 saturated carbocycles. The predicted octanol–water partition coefficient (Wildman–Crippen LogP) is -1.65. The number of aliphatic hydroxyl groups is 6. The van der Waals surface area contributed by atoms with Gasteiger partial charge in [0, 0.05) is 31.3 Å². The summed E-state index contributed by atoms with van der Waals surface area (Å²) >= 11 is 18.0. The van der Waals surface area contributed by atoms with Crippen LogP contribution in [0.3, 0.4) is 0 Å². The van der Waals surface area contributed by atoms with Gasteiger partial charge in [0.2, 0.25) is 62.9 Å². The molecule has 0 radical (unpaired) electrons. The number of aliphatic carboxylic acids is 1. The van der Waals surface area contributed by atoms with E-state index in [1.54, 1.807) is 25.1 Å². The van der Waals surface area contributed by atoms with Crippen molar-refractivity contribution in [3.05, 3.63) is 118 Å². The number of carbonyl (C=O) groups excluding carboxylic acids is 14. The molecule has 4 aliphatic rings. The summed E-state index contributed by atoms with van der Waals surface area (Å²) in [4.78, 5) is 214. The Balaban J connectivity index is 1.30. The van der Waals surface area contributed by atoms with Gasteiger partial charge in [-0.25, -0.2) is 19.2 Å². The number of esters is 3. The van der Waals surface area contributed by atoms with Crippen molar-refractivity contribution < 1.29 is 146 Å². The zero-order valence-corrected chi connectivity index (χ0v) is 71.8. The fraction of sp³-hybridized carbons (Fsp3) is 0.582. The second-order valence-corrected chi connectivity index (χ2v) is 32.9. The zero-order chi connectivity index (χ0) is 93.3. The topological polar surface area (TPSA) is 649 Å². The summed E-state index contributed by atoms with van der Waals surface area (Å²) in [7, 11) is 0. The molecule has 4 aliphatic heterocycles. The van der Waals surface area contributed by atoms with E-state index in [4.69, 9.17) is 78.4 Å². The first-order valence-electron chi connectivity index (χ1n) is 40.1. The van der Waals surface area contributed by atoms with Gasteiger partial charge in [0.15, 0.2) is 24.8 Å². The lowest BCUT2D eigenvalue weighted by atomic mass is 9.94. The molecule has 0 bridgehead atoms. The van der Waals surface area contributed by atoms with Crippen LogP contribution in [0.4, 0.5) is 4.79 Å². The van der Waals surface area contributed by atoms with E-state index in [-0.39, 0.29) is 61.9 Å². The molecule has 4 heterocycles. The number of carboxylic acid groups (broad SMARTS) is 1. The standard InChI is InChI=1S/C79H105Cl3N14O30/c1-9-36(2)52(67(109)89-55(39(5)100)68(110)87-53(37(3)98)64(83)106)86-65(107)48-28-20-32-96(48)72(114)56(40(6)101)90-70(112)57(91-69(111)54(38(4)99)88-66(108)47-27-19-31-95(47)71(113)46(85-42(8)102)29-30-51(103)104)41(7)121-77-59(93-94-84)62(60(105)49(33-97)122-77)126-76-58(92-78(118)120-35-79(80,81)82)63(125-75(117)45-25-17-12-18-26-45)61(124-74(116)44-23-15-11-16-24-44)50(123-76)34-119-73(115)43-21-13-10-14-22-43/h10-18,21-26,36-41,46-50,52-63,76-77,97-101,105H,9,19-20,27-35H2,1-8H3,(H2,83,106)(H,85,102)(H,86,107)(H,87,110)(H,88,108)(H,89,109)(H,90,112)(H,91,111)(H,92,118)(H,103,104)/t36-,37+,38+,39+,40+,41+,46-,47-,48-,49+,50+,52-,53-,54-,55-,56-,57-,58+,59+,60-,61+,62+,63+,76-,77-/m0/s1. The third-order valence-corrected chi connectivity index (χ3v) is 21.3. The Morgan fingerprint density at radius 3 is 1.52 bits per heavy atom. The van der Waals surface area contributed by atoms with Gasteiger partial charge in [0.1, 0.15) is 104 Å². The molecule has 0 spiro atoms. The molecule has 0 aliphatic carbocycles. The average Bonchev–Trinajstić information content (AvgIpc) is 1.08. The molecule has 44 nitrogen and oxygen atoms in total. The van der Waals surface area contributed by atoms with Crippen LogP contribution in [0.1, 0.15) is 131 Å². The summed E-state index contributed by atoms with van der Waals surface area (Å²) in [5, 5.41) is 99.5. The molecular weight excluding hydrogens is 1730 g/mol. The number of nitrogens with two attached hydrogens (primary N) is 1. The van der Waals surface area contributed by atoms with Crippen molar-refractivity contribution in [2.24, 2.45) is 16.8 Å². The molecule has 17 N–H and O–H groups in total. The number of aliphatic hydroxyl groups excluding tert-OH is 6. The lowest BCUT2D eigenvalue weighted by molar-refractivity contribution is -0.328. The minimum absolute atomic E-state index is 0.0228. The van der Waals surface area contributed by atoms with E-state index in [9.17, 15) is 98.8 Å². The monoisotopic (exact) mass is 1830 g/mol. The number of benzene rings is 3. The Kier molecular flexibility index (Phi) is 38.8. The molecule has 4 saturated heterocycles. The van der Waals surface area contributed by atoms with Gasteiger partial charge in [-0.3, -0.25) is 52.7 Å². The SMILES string of the molecule is CC[C@H](C)[C@H](NC(=O)[C@@H]1CCCN1C(=O)[C@@H](NC(=O)[C@@H](NC(=O)[C@@H](NC(=O)[C@@H]1CCCN1C(=O)[C@H](CCC(=O)O)NC(C)=O)[C@@H](C)O)[C@@H](C)O[C@H]1O[C@H](CO)[C@H](O)[C@H](O[C@@H]2O[C@H](COC(=O)c3ccccc3)[C@@H](OC(=O)c3ccccc3)[C@H](OC(=O)c3ccccc3)[C@H]2NC(=O)OCC(Cl)(Cl)Cl)[C@H]1N=[N+]=[N-])[C@@H](C)O)C(=O)N[C@H](C(=O)N[C@H](C(N)=O)[C@@H](C)O)[C@@H](C)O. The molecule has 126 heavy (non-hydrogen) atoms. The van der Waals surface area contributed by atoms with Gasteiger partial charge in [-0.15, -0.1) is 0 Å². The molecule has 692 valence electrons. The minimum atomic E-state index is -2.37. The Morgan fingerprint density at radius 2 is 1.04 bits per heavy atom. The molecule has 4 fully saturated rings. The van der Waals surface area contributed by atoms with E-state index < -0.39 is 278 Å². The van der Waals surface area contributed by atoms with Gasteiger partial charge < -0.3 is 132 Å². The van der Waals surface area contributed by atoms with E-state index in [0.29, 0.717) is 0 Å². The highest BCUT2D eigenvalue weighted by atomic mass is 35.6. The summed E-state index contributed by atoms with van der Waals surface area (Å²) in [5.74, 6) is -16.7. The van der Waals surface area contributed by atoms with E-state index in [2.05, 4.69) is 52.6 Å². The van der Waals surface area contributed by atoms with Gasteiger partial charge in [0.25, 0.3) is 0 Å². The van der Waals surface area contributed by atoms with Gasteiger partial charge in [-0.05, 0) is 115 Å². The highest BCUT2D eigenvalue weighted by molar-refractivity contribution is 6.67. The number of ether oxygens (including phenoxy) is 8. The van der Waals surface area contributed by atoms with Crippen molar-refractivity contribution >= 4 is 124 Å². The largest absolute Gasteiger partial charge is 0.481 e. The van der Waals surface area contributed by atoms with E-state index in [1.807, 2.05) is 0 Å². The smallest absolute Gasteiger partial charge is 0.407 e. The van der Waals surface area contributed by atoms with Crippen LogP contribution >= 0.6 is 34.8 Å². The first-order chi connectivity index (χ1) is 59.5. The molecule has 0 aromatic heterocycles. The maximum Gasteiger partial charge on any atom is 0.407 e. The number of carbonyl (C=O) groups is 15. The summed E-state index contributed by atoms with van der Waals surface area (Å²) in [6, 6.07) is 1.11. The zero-order valence-electron chi connectivity index (χ0n) is 69.5. The van der Waals surface area contributed by atoms with Gasteiger partial charge in [-0.2, -0.15) is 0 Å². The third-order valence-electron chi connectivity index (χ3n) is 20.9. The third kappa shape index (κ3) is 28.4. The van der Waals surface area contributed by atoms with Crippen molar-refractivity contribution in [1.82, 2.24) is 52.3 Å². The van der Waals surface area contributed by atoms with E-state index >= 15 is 14.4 Å². The average molecular weight is 1840 g/mol. The van der Waals surface area contributed by atoms with Gasteiger partial charge in [0.05, 0.1) is 53.8 Å². The van der Waals surface area contributed by atoms with Crippen molar-refractivity contribution in [2.75, 3.05) is 32.9 Å². The lowest BCUT2D eigenvalue weighted by Crippen LogP contribution is -2.69. The number of hydrogen-bond acceptors (Lipinski definition) is 30. The number of rotatable bonds is 41. The van der Waals surface area contributed by atoms with Crippen molar-refractivity contribution in [3.63, 3.8) is 0 Å². The van der Waals surface area contributed by atoms with Crippen LogP contribution < -0.4 is 48.3 Å². The first-order valence-corrected chi connectivity index (χ1v) is 41.3. The number of hydrogen-bond donors (Lipinski definition) is 16. The molecule has 3 aromatic carbocycles. The van der Waals surface area contributed by atoms with Crippen LogP contribution in [-0.4, -0.2) is 317 Å². The highest BCUT2D eigenvalue weighted by Gasteiger charge is 2.57. The number of alkyl carbamates (subject to hydrolysis) is 1. The molecule has 0 unspecified atom stereocenters. The van der Waals surface area contributed by atoms with Crippen LogP contribution in [0, 0.1) is 5.92 Å². The van der Waals surface area contributed by atoms with E-state index in [1.165, 1.54) is 79.7 Å². The number of nitrogens with zero attached hydrogens (tertiary/aromatic N) is 5. The molecule has 25 atom stereocenters. The summed E-state index contributed by atoms with van der Waals surface area (Å²) in [6.45, 7) is 6.03. The molecule has 7 rings (SSSR count). The first kappa shape index (κ1) is 102. The van der Waals surface area contributed by atoms with Crippen LogP contribution in [0.15, 0.2) is 96.1 Å². The Morgan fingerprint density at radius 1 is 0.587 bits per heavy atom. The fourth-order valence-electron chi connectivity index (χ4n) is 14.2. The number of likely N-dealkylation sites (tertiary alicyclic amines) is 2. The van der Waals surface area contributed by atoms with Crippen LogP contribution in [0.2, 0.25) is 0 Å². The summed E-state index contributed by atoms with van der Waals surface area (Å²) in [6.07, 6.45) is -28.7. The maximum absolute atomic E-state index is 15.6. The summed E-state index contributed by atoms with van der Waals surface area (Å²) in [5.41, 5.74) is 15.6. The highest BCUT2D eigenvalue weighted by Crippen LogP contribution is 2.36. The number of alkyl halides is 3. The quantitative estimate of drug-likeness (QED) is 0.00755. The fourth-order valence-corrected chi connectivity index (χ4v) is 14.3. The Labute approximate surface area is 736 Å². The molecule has 47 heteroatoms. The molecular formula is C79H105Cl3N14O30. The number of carboxylic acids is 1. The van der Waals surface area contributed by atoms with Crippen molar-refractivity contribution in [1.29, 1.82) is 0 Å². The van der Waals surface area contributed by atoms with Crippen molar-refractivity contribution in [2.45, 2.75) is 250 Å². The Hall–Kier alpha value is -10.7. The number of amides is 11. The van der Waals surface area contributed by atoms with E-state index in [0.717, 1.165) is 51.3 Å². The predicted molar refractivity (Wildman–Crippen MR) is 436 cm³/mol. The lowest BCUT2D eigenvalue weighted by Gasteiger charge is -2.48. The van der Waals surface area contributed by atoms with Gasteiger partial charge in [-0.1, -0.05) is 115 Å². The van der Waals surface area contributed by atoms with Gasteiger partial charge >= 0.3 is 30.0 Å². The molecule has 11 amide bonds. The number of azide groups is 1. The normalized spacial score (nSPS) is 24.2. The number of primary amides is 1.